The van der Waals surface area contributed by atoms with Crippen LogP contribution in [0.15, 0.2) is 12.5 Å². The largest absolute Gasteiger partial charge is 0.331 e. The van der Waals surface area contributed by atoms with Gasteiger partial charge in [-0.2, -0.15) is 0 Å². The molecule has 1 heterocycles. The second-order valence-corrected chi connectivity index (χ2v) is 4.74. The van der Waals surface area contributed by atoms with E-state index in [2.05, 4.69) is 9.55 Å². The summed E-state index contributed by atoms with van der Waals surface area (Å²) in [6, 6.07) is 1.07. The number of rotatable bonds is 2. The molecular formula is C11H17N3. The maximum atomic E-state index is 5.81. The third kappa shape index (κ3) is 1.19. The minimum atomic E-state index is 0.427. The van der Waals surface area contributed by atoms with E-state index in [9.17, 15) is 0 Å². The van der Waals surface area contributed by atoms with Crippen LogP contribution in [0, 0.1) is 0 Å². The van der Waals surface area contributed by atoms with Crippen molar-refractivity contribution in [1.29, 1.82) is 0 Å². The lowest BCUT2D eigenvalue weighted by molar-refractivity contribution is 0.251. The van der Waals surface area contributed by atoms with Crippen molar-refractivity contribution in [2.45, 2.75) is 50.1 Å². The van der Waals surface area contributed by atoms with Gasteiger partial charge >= 0.3 is 0 Å². The summed E-state index contributed by atoms with van der Waals surface area (Å²) in [4.78, 5) is 4.28. The molecular weight excluding hydrogens is 174 g/mol. The molecule has 2 N–H and O–H groups in total. The molecule has 76 valence electrons. The van der Waals surface area contributed by atoms with E-state index in [1.807, 2.05) is 12.5 Å². The van der Waals surface area contributed by atoms with Gasteiger partial charge in [0.15, 0.2) is 0 Å². The van der Waals surface area contributed by atoms with Crippen LogP contribution >= 0.6 is 0 Å². The fraction of sp³-hybridized carbons (Fsp3) is 0.727. The molecule has 1 aromatic rings. The Hall–Kier alpha value is -0.830. The van der Waals surface area contributed by atoms with Gasteiger partial charge < -0.3 is 10.3 Å². The van der Waals surface area contributed by atoms with E-state index in [0.29, 0.717) is 12.1 Å². The first-order valence-electron chi connectivity index (χ1n) is 5.62. The van der Waals surface area contributed by atoms with Gasteiger partial charge in [0, 0.05) is 29.9 Å². The third-order valence-electron chi connectivity index (χ3n) is 3.76. The Labute approximate surface area is 84.3 Å². The Bertz CT molecular complexity index is 321. The zero-order valence-corrected chi connectivity index (χ0v) is 8.39. The summed E-state index contributed by atoms with van der Waals surface area (Å²) >= 11 is 0. The van der Waals surface area contributed by atoms with E-state index in [-0.39, 0.29) is 0 Å². The van der Waals surface area contributed by atoms with Crippen LogP contribution < -0.4 is 5.73 Å². The number of aromatic nitrogens is 2. The molecule has 0 unspecified atom stereocenters. The Morgan fingerprint density at radius 2 is 2.14 bits per heavy atom. The zero-order chi connectivity index (χ0) is 9.54. The minimum Gasteiger partial charge on any atom is -0.331 e. The van der Waals surface area contributed by atoms with Crippen molar-refractivity contribution in [2.75, 3.05) is 0 Å². The maximum Gasteiger partial charge on any atom is 0.0950 e. The number of hydrogen-bond donors (Lipinski definition) is 1. The molecule has 0 amide bonds. The standard InChI is InChI=1S/C11H17N3/c12-9-4-10(5-9)14-7-13-6-11(14)8-2-1-3-8/h6-10H,1-5,12H2. The van der Waals surface area contributed by atoms with Crippen molar-refractivity contribution in [1.82, 2.24) is 9.55 Å². The van der Waals surface area contributed by atoms with Gasteiger partial charge in [0.05, 0.1) is 6.33 Å². The SMILES string of the molecule is NC1CC(n2cncc2C2CCC2)C1. The van der Waals surface area contributed by atoms with Crippen molar-refractivity contribution in [3.8, 4) is 0 Å². The molecule has 1 aromatic heterocycles. The molecule has 2 aliphatic carbocycles. The molecule has 2 fully saturated rings. The predicted octanol–water partition coefficient (Wildman–Crippen LogP) is 1.81. The van der Waals surface area contributed by atoms with Gasteiger partial charge in [-0.15, -0.1) is 0 Å². The summed E-state index contributed by atoms with van der Waals surface area (Å²) in [7, 11) is 0. The molecule has 0 saturated heterocycles. The number of imidazole rings is 1. The molecule has 2 saturated carbocycles. The maximum absolute atomic E-state index is 5.81. The van der Waals surface area contributed by atoms with E-state index in [1.165, 1.54) is 25.0 Å². The van der Waals surface area contributed by atoms with E-state index in [1.54, 1.807) is 0 Å². The Morgan fingerprint density at radius 3 is 2.71 bits per heavy atom. The smallest absolute Gasteiger partial charge is 0.0950 e. The first kappa shape index (κ1) is 8.48. The highest BCUT2D eigenvalue weighted by molar-refractivity contribution is 5.12. The van der Waals surface area contributed by atoms with Crippen LogP contribution in [-0.2, 0) is 0 Å². The molecule has 0 aliphatic heterocycles. The highest BCUT2D eigenvalue weighted by Crippen LogP contribution is 2.40. The second-order valence-electron chi connectivity index (χ2n) is 4.74. The Kier molecular flexibility index (Phi) is 1.87. The van der Waals surface area contributed by atoms with Crippen LogP contribution in [0.5, 0.6) is 0 Å². The van der Waals surface area contributed by atoms with E-state index in [4.69, 9.17) is 5.73 Å². The van der Waals surface area contributed by atoms with E-state index < -0.39 is 0 Å². The highest BCUT2D eigenvalue weighted by Gasteiger charge is 2.31. The Balaban J connectivity index is 1.79. The molecule has 14 heavy (non-hydrogen) atoms. The molecule has 0 atom stereocenters. The lowest BCUT2D eigenvalue weighted by Crippen LogP contribution is -2.38. The summed E-state index contributed by atoms with van der Waals surface area (Å²) < 4.78 is 2.37. The lowest BCUT2D eigenvalue weighted by atomic mass is 9.81. The molecule has 0 radical (unpaired) electrons. The van der Waals surface area contributed by atoms with Gasteiger partial charge in [-0.25, -0.2) is 4.98 Å². The first-order valence-corrected chi connectivity index (χ1v) is 5.62. The van der Waals surface area contributed by atoms with Gasteiger partial charge in [-0.05, 0) is 25.7 Å². The number of nitrogens with zero attached hydrogens (tertiary/aromatic N) is 2. The molecule has 3 rings (SSSR count). The Morgan fingerprint density at radius 1 is 1.36 bits per heavy atom. The lowest BCUT2D eigenvalue weighted by Gasteiger charge is -2.37. The van der Waals surface area contributed by atoms with Gasteiger partial charge in [-0.3, -0.25) is 0 Å². The average Bonchev–Trinajstić information content (AvgIpc) is 2.44. The molecule has 3 nitrogen and oxygen atoms in total. The van der Waals surface area contributed by atoms with Crippen LogP contribution in [0.25, 0.3) is 0 Å². The molecule has 3 heteroatoms. The van der Waals surface area contributed by atoms with E-state index >= 15 is 0 Å². The second kappa shape index (κ2) is 3.09. The predicted molar refractivity (Wildman–Crippen MR) is 55.1 cm³/mol. The summed E-state index contributed by atoms with van der Waals surface area (Å²) in [5.74, 6) is 0.786. The number of nitrogens with two attached hydrogens (primary N) is 1. The van der Waals surface area contributed by atoms with Crippen molar-refractivity contribution < 1.29 is 0 Å². The summed E-state index contributed by atoms with van der Waals surface area (Å²) in [6.07, 6.45) is 10.4. The first-order chi connectivity index (χ1) is 6.84. The van der Waals surface area contributed by atoms with Crippen LogP contribution in [0.1, 0.15) is 49.8 Å². The topological polar surface area (TPSA) is 43.8 Å². The van der Waals surface area contributed by atoms with Crippen molar-refractivity contribution in [2.24, 2.45) is 5.73 Å². The quantitative estimate of drug-likeness (QED) is 0.774. The molecule has 0 aromatic carbocycles. The highest BCUT2D eigenvalue weighted by atomic mass is 15.1. The number of hydrogen-bond acceptors (Lipinski definition) is 2. The zero-order valence-electron chi connectivity index (χ0n) is 8.39. The normalized spacial score (nSPS) is 32.4. The van der Waals surface area contributed by atoms with E-state index in [0.717, 1.165) is 18.8 Å². The van der Waals surface area contributed by atoms with Gasteiger partial charge in [0.25, 0.3) is 0 Å². The summed E-state index contributed by atoms with van der Waals surface area (Å²) in [5, 5.41) is 0. The average molecular weight is 191 g/mol. The van der Waals surface area contributed by atoms with Crippen LogP contribution in [-0.4, -0.2) is 15.6 Å². The van der Waals surface area contributed by atoms with Crippen molar-refractivity contribution in [3.05, 3.63) is 18.2 Å². The van der Waals surface area contributed by atoms with Gasteiger partial charge in [-0.1, -0.05) is 6.42 Å². The third-order valence-corrected chi connectivity index (χ3v) is 3.76. The fourth-order valence-electron chi connectivity index (χ4n) is 2.50. The molecule has 0 spiro atoms. The van der Waals surface area contributed by atoms with Crippen LogP contribution in [0.2, 0.25) is 0 Å². The van der Waals surface area contributed by atoms with Gasteiger partial charge in [0.1, 0.15) is 0 Å². The van der Waals surface area contributed by atoms with Crippen molar-refractivity contribution in [3.63, 3.8) is 0 Å². The van der Waals surface area contributed by atoms with Crippen molar-refractivity contribution >= 4 is 0 Å². The molecule has 0 bridgehead atoms. The summed E-state index contributed by atoms with van der Waals surface area (Å²) in [6.45, 7) is 0. The minimum absolute atomic E-state index is 0.427. The molecule has 2 aliphatic rings. The van der Waals surface area contributed by atoms with Gasteiger partial charge in [0.2, 0.25) is 0 Å². The monoisotopic (exact) mass is 191 g/mol. The van der Waals surface area contributed by atoms with Crippen LogP contribution in [0.3, 0.4) is 0 Å². The summed E-state index contributed by atoms with van der Waals surface area (Å²) in [5.41, 5.74) is 7.27. The fourth-order valence-corrected chi connectivity index (χ4v) is 2.50. The van der Waals surface area contributed by atoms with Crippen LogP contribution in [0.4, 0.5) is 0 Å².